The van der Waals surface area contributed by atoms with E-state index < -0.39 is 5.82 Å². The molecule has 7 nitrogen and oxygen atoms in total. The number of hydrogen-bond acceptors (Lipinski definition) is 7. The summed E-state index contributed by atoms with van der Waals surface area (Å²) in [5.74, 6) is 0.526. The Kier molecular flexibility index (Phi) is 6.79. The maximum atomic E-state index is 14.2. The van der Waals surface area contributed by atoms with Crippen molar-refractivity contribution < 1.29 is 18.6 Å². The molecular weight excluding hydrogens is 399 g/mol. The summed E-state index contributed by atoms with van der Waals surface area (Å²) in [5.41, 5.74) is 7.75. The lowest BCUT2D eigenvalue weighted by atomic mass is 10.0. The summed E-state index contributed by atoms with van der Waals surface area (Å²) in [7, 11) is 1.64. The molecule has 8 heteroatoms. The van der Waals surface area contributed by atoms with Crippen LogP contribution in [0.1, 0.15) is 18.4 Å². The summed E-state index contributed by atoms with van der Waals surface area (Å²) in [4.78, 5) is 11.0. The molecule has 1 aromatic heterocycles. The fraction of sp³-hybridized carbons (Fsp3) is 0.391. The average molecular weight is 426 g/mol. The first-order valence-corrected chi connectivity index (χ1v) is 10.5. The lowest BCUT2D eigenvalue weighted by molar-refractivity contribution is 0.0372. The highest BCUT2D eigenvalue weighted by Crippen LogP contribution is 2.33. The summed E-state index contributed by atoms with van der Waals surface area (Å²) in [6.45, 7) is 4.74. The highest BCUT2D eigenvalue weighted by molar-refractivity contribution is 5.86. The molecule has 0 aliphatic carbocycles. The zero-order valence-electron chi connectivity index (χ0n) is 17.6. The number of ether oxygens (including phenoxy) is 3. The number of methoxy groups -OCH3 is 1. The molecule has 1 aliphatic rings. The van der Waals surface area contributed by atoms with E-state index in [4.69, 9.17) is 19.9 Å². The number of morpholine rings is 1. The van der Waals surface area contributed by atoms with E-state index in [1.54, 1.807) is 13.2 Å². The summed E-state index contributed by atoms with van der Waals surface area (Å²) >= 11 is 0. The standard InChI is InChI=1S/C23H27FN4O3/c1-29-22-14-18-20(12-16(22)4-2-3-7-28-8-10-30-11-9-28)26-15-27-23(18)31-21-6-5-17(25)13-19(21)24/h5-6,12-15H,2-4,7-11,25H2,1H3. The molecule has 2 heterocycles. The van der Waals surface area contributed by atoms with Crippen molar-refractivity contribution in [1.82, 2.24) is 14.9 Å². The highest BCUT2D eigenvalue weighted by atomic mass is 19.1. The van der Waals surface area contributed by atoms with Crippen LogP contribution in [0.2, 0.25) is 0 Å². The van der Waals surface area contributed by atoms with Crippen LogP contribution in [-0.2, 0) is 11.2 Å². The van der Waals surface area contributed by atoms with Gasteiger partial charge >= 0.3 is 0 Å². The van der Waals surface area contributed by atoms with Gasteiger partial charge in [0.2, 0.25) is 5.88 Å². The number of halogens is 1. The molecule has 4 rings (SSSR count). The molecule has 2 N–H and O–H groups in total. The van der Waals surface area contributed by atoms with Crippen molar-refractivity contribution in [3.05, 3.63) is 48.0 Å². The van der Waals surface area contributed by atoms with Gasteiger partial charge in [-0.15, -0.1) is 0 Å². The predicted octanol–water partition coefficient (Wildman–Crippen LogP) is 3.81. The van der Waals surface area contributed by atoms with Crippen LogP contribution in [0.15, 0.2) is 36.7 Å². The molecule has 1 saturated heterocycles. The van der Waals surface area contributed by atoms with E-state index >= 15 is 0 Å². The van der Waals surface area contributed by atoms with Gasteiger partial charge in [0.1, 0.15) is 12.1 Å². The van der Waals surface area contributed by atoms with Gasteiger partial charge in [-0.1, -0.05) is 0 Å². The van der Waals surface area contributed by atoms with Crippen molar-refractivity contribution >= 4 is 16.6 Å². The monoisotopic (exact) mass is 426 g/mol. The van der Waals surface area contributed by atoms with E-state index in [0.29, 0.717) is 11.1 Å². The molecule has 0 bridgehead atoms. The molecule has 0 radical (unpaired) electrons. The second-order valence-corrected chi connectivity index (χ2v) is 7.56. The van der Waals surface area contributed by atoms with E-state index in [9.17, 15) is 4.39 Å². The number of aromatic nitrogens is 2. The molecule has 164 valence electrons. The molecule has 1 fully saturated rings. The van der Waals surface area contributed by atoms with Crippen molar-refractivity contribution in [2.75, 3.05) is 45.7 Å². The maximum absolute atomic E-state index is 14.2. The summed E-state index contributed by atoms with van der Waals surface area (Å²) < 4.78 is 30.9. The fourth-order valence-electron chi connectivity index (χ4n) is 3.75. The number of rotatable bonds is 8. The van der Waals surface area contributed by atoms with Crippen molar-refractivity contribution in [2.45, 2.75) is 19.3 Å². The number of benzene rings is 2. The van der Waals surface area contributed by atoms with Gasteiger partial charge in [0.25, 0.3) is 0 Å². The van der Waals surface area contributed by atoms with Crippen molar-refractivity contribution in [2.24, 2.45) is 0 Å². The first-order chi connectivity index (χ1) is 15.1. The Morgan fingerprint density at radius 2 is 1.94 bits per heavy atom. The zero-order chi connectivity index (χ0) is 21.6. The van der Waals surface area contributed by atoms with Crippen LogP contribution in [0.25, 0.3) is 10.9 Å². The number of anilines is 1. The topological polar surface area (TPSA) is 82.7 Å². The van der Waals surface area contributed by atoms with Crippen LogP contribution in [0.4, 0.5) is 10.1 Å². The Hall–Kier alpha value is -2.97. The Labute approximate surface area is 180 Å². The third-order valence-electron chi connectivity index (χ3n) is 5.44. The SMILES string of the molecule is COc1cc2c(Oc3ccc(N)cc3F)ncnc2cc1CCCCN1CCOCC1. The second kappa shape index (κ2) is 9.89. The normalized spacial score (nSPS) is 14.6. The molecule has 0 spiro atoms. The first kappa shape index (κ1) is 21.3. The van der Waals surface area contributed by atoms with E-state index in [0.717, 1.165) is 68.9 Å². The quantitative estimate of drug-likeness (QED) is 0.433. The van der Waals surface area contributed by atoms with E-state index in [1.807, 2.05) is 12.1 Å². The zero-order valence-corrected chi connectivity index (χ0v) is 17.6. The Balaban J connectivity index is 1.49. The predicted molar refractivity (Wildman–Crippen MR) is 117 cm³/mol. The number of nitrogens with zero attached hydrogens (tertiary/aromatic N) is 3. The second-order valence-electron chi connectivity index (χ2n) is 7.56. The minimum absolute atomic E-state index is 0.0559. The summed E-state index contributed by atoms with van der Waals surface area (Å²) in [5, 5.41) is 0.660. The van der Waals surface area contributed by atoms with Gasteiger partial charge in [0.05, 0.1) is 31.2 Å². The maximum Gasteiger partial charge on any atom is 0.230 e. The molecule has 0 atom stereocenters. The van der Waals surface area contributed by atoms with Gasteiger partial charge in [-0.2, -0.15) is 0 Å². The largest absolute Gasteiger partial charge is 0.496 e. The van der Waals surface area contributed by atoms with Crippen LogP contribution in [0.3, 0.4) is 0 Å². The number of aryl methyl sites for hydroxylation is 1. The molecule has 0 saturated carbocycles. The lowest BCUT2D eigenvalue weighted by Crippen LogP contribution is -2.36. The minimum atomic E-state index is -0.546. The first-order valence-electron chi connectivity index (χ1n) is 10.5. The van der Waals surface area contributed by atoms with Crippen LogP contribution >= 0.6 is 0 Å². The van der Waals surface area contributed by atoms with Gasteiger partial charge in [-0.25, -0.2) is 14.4 Å². The van der Waals surface area contributed by atoms with Crippen LogP contribution in [0, 0.1) is 5.82 Å². The third-order valence-corrected chi connectivity index (χ3v) is 5.44. The number of nitrogen functional groups attached to an aromatic ring is 1. The van der Waals surface area contributed by atoms with Crippen LogP contribution in [-0.4, -0.2) is 54.8 Å². The van der Waals surface area contributed by atoms with Crippen molar-refractivity contribution in [1.29, 1.82) is 0 Å². The third kappa shape index (κ3) is 5.21. The summed E-state index contributed by atoms with van der Waals surface area (Å²) in [6, 6.07) is 8.14. The van der Waals surface area contributed by atoms with Gasteiger partial charge in [0.15, 0.2) is 11.6 Å². The average Bonchev–Trinajstić information content (AvgIpc) is 2.79. The van der Waals surface area contributed by atoms with Crippen LogP contribution < -0.4 is 15.2 Å². The smallest absolute Gasteiger partial charge is 0.230 e. The molecule has 2 aromatic carbocycles. The van der Waals surface area contributed by atoms with Crippen LogP contribution in [0.5, 0.6) is 17.4 Å². The van der Waals surface area contributed by atoms with Gasteiger partial charge < -0.3 is 19.9 Å². The molecule has 1 aliphatic heterocycles. The van der Waals surface area contributed by atoms with E-state index in [1.165, 1.54) is 18.5 Å². The Morgan fingerprint density at radius 3 is 2.71 bits per heavy atom. The fourth-order valence-corrected chi connectivity index (χ4v) is 3.75. The van der Waals surface area contributed by atoms with Gasteiger partial charge in [0, 0.05) is 24.8 Å². The highest BCUT2D eigenvalue weighted by Gasteiger charge is 2.14. The lowest BCUT2D eigenvalue weighted by Gasteiger charge is -2.26. The number of fused-ring (bicyclic) bond motifs is 1. The Bertz CT molecular complexity index is 1040. The van der Waals surface area contributed by atoms with Gasteiger partial charge in [-0.3, -0.25) is 4.90 Å². The Morgan fingerprint density at radius 1 is 1.10 bits per heavy atom. The molecule has 31 heavy (non-hydrogen) atoms. The minimum Gasteiger partial charge on any atom is -0.496 e. The van der Waals surface area contributed by atoms with Crippen molar-refractivity contribution in [3.8, 4) is 17.4 Å². The van der Waals surface area contributed by atoms with E-state index in [2.05, 4.69) is 14.9 Å². The number of hydrogen-bond donors (Lipinski definition) is 1. The number of unbranched alkanes of at least 4 members (excludes halogenated alkanes) is 1. The van der Waals surface area contributed by atoms with Crippen molar-refractivity contribution in [3.63, 3.8) is 0 Å². The number of nitrogens with two attached hydrogens (primary N) is 1. The van der Waals surface area contributed by atoms with Gasteiger partial charge in [-0.05, 0) is 55.6 Å². The van der Waals surface area contributed by atoms with E-state index in [-0.39, 0.29) is 11.6 Å². The summed E-state index contributed by atoms with van der Waals surface area (Å²) in [6.07, 6.45) is 4.46. The molecule has 0 amide bonds. The molecular formula is C23H27FN4O3. The molecule has 3 aromatic rings. The molecule has 0 unspecified atom stereocenters.